The Morgan fingerprint density at radius 1 is 1.33 bits per heavy atom. The highest BCUT2D eigenvalue weighted by molar-refractivity contribution is 7.99. The number of halogens is 1. The summed E-state index contributed by atoms with van der Waals surface area (Å²) in [4.78, 5) is 9.52. The van der Waals surface area contributed by atoms with Crippen LogP contribution < -0.4 is 15.2 Å². The van der Waals surface area contributed by atoms with E-state index < -0.39 is 0 Å². The van der Waals surface area contributed by atoms with Crippen LogP contribution in [-0.2, 0) is 11.2 Å². The molecule has 0 radical (unpaired) electrons. The van der Waals surface area contributed by atoms with Crippen molar-refractivity contribution in [2.75, 3.05) is 18.9 Å². The molecule has 0 spiro atoms. The molecule has 0 saturated heterocycles. The van der Waals surface area contributed by atoms with E-state index in [1.807, 2.05) is 36.4 Å². The second kappa shape index (κ2) is 9.42. The molecular weight excluding hydrogens is 350 g/mol. The van der Waals surface area contributed by atoms with Gasteiger partial charge in [-0.1, -0.05) is 17.7 Å². The van der Waals surface area contributed by atoms with E-state index in [0.717, 1.165) is 46.5 Å². The molecule has 0 bridgehead atoms. The quantitative estimate of drug-likeness (QED) is 0.799. The molecule has 0 aliphatic carbocycles. The van der Waals surface area contributed by atoms with Gasteiger partial charge in [0.15, 0.2) is 0 Å². The lowest BCUT2D eigenvalue weighted by Crippen LogP contribution is -2.06. The summed E-state index contributed by atoms with van der Waals surface area (Å²) in [5.74, 6) is 3.36. The average Bonchev–Trinajstić information content (AvgIpc) is 2.58. The van der Waals surface area contributed by atoms with E-state index in [2.05, 4.69) is 0 Å². The molecule has 0 aromatic heterocycles. The SMILES string of the molecule is NCCc1ccc(Cl)cc1Oc1ccc2c(c1)OCCS2.O=CO. The Morgan fingerprint density at radius 2 is 2.12 bits per heavy atom. The Bertz CT molecular complexity index is 696. The standard InChI is InChI=1S/C16H16ClNO2S.CH2O2/c17-12-2-1-11(5-6-18)14(9-12)20-13-3-4-16-15(10-13)19-7-8-21-16;2-1-3/h1-4,9-10H,5-8,18H2;1H,(H,2,3). The Labute approximate surface area is 149 Å². The molecule has 3 rings (SSSR count). The zero-order valence-corrected chi connectivity index (χ0v) is 14.5. The van der Waals surface area contributed by atoms with Crippen LogP contribution in [-0.4, -0.2) is 30.5 Å². The molecule has 0 amide bonds. The molecule has 0 atom stereocenters. The van der Waals surface area contributed by atoms with Crippen LogP contribution in [0.1, 0.15) is 5.56 Å². The van der Waals surface area contributed by atoms with E-state index >= 15 is 0 Å². The second-order valence-corrected chi connectivity index (χ2v) is 6.38. The summed E-state index contributed by atoms with van der Waals surface area (Å²) in [5.41, 5.74) is 6.69. The molecule has 0 saturated carbocycles. The van der Waals surface area contributed by atoms with Gasteiger partial charge >= 0.3 is 0 Å². The van der Waals surface area contributed by atoms with Crippen LogP contribution in [0.4, 0.5) is 0 Å². The monoisotopic (exact) mass is 367 g/mol. The lowest BCUT2D eigenvalue weighted by atomic mass is 10.1. The number of ether oxygens (including phenoxy) is 2. The summed E-state index contributed by atoms with van der Waals surface area (Å²) in [6, 6.07) is 11.5. The van der Waals surface area contributed by atoms with Crippen molar-refractivity contribution in [2.45, 2.75) is 11.3 Å². The van der Waals surface area contributed by atoms with Crippen molar-refractivity contribution in [3.8, 4) is 17.2 Å². The maximum atomic E-state index is 8.36. The molecule has 0 fully saturated rings. The fourth-order valence-corrected chi connectivity index (χ4v) is 3.17. The topological polar surface area (TPSA) is 81.8 Å². The predicted octanol–water partition coefficient (Wildman–Crippen LogP) is 3.82. The lowest BCUT2D eigenvalue weighted by Gasteiger charge is -2.18. The van der Waals surface area contributed by atoms with Gasteiger partial charge in [-0.15, -0.1) is 11.8 Å². The number of hydrogen-bond donors (Lipinski definition) is 2. The van der Waals surface area contributed by atoms with Gasteiger partial charge in [0.2, 0.25) is 0 Å². The Balaban J connectivity index is 0.000000647. The first kappa shape index (κ1) is 18.4. The predicted molar refractivity (Wildman–Crippen MR) is 95.6 cm³/mol. The molecule has 1 heterocycles. The fourth-order valence-electron chi connectivity index (χ4n) is 2.20. The number of carbonyl (C=O) groups is 1. The van der Waals surface area contributed by atoms with Crippen LogP contribution in [0.3, 0.4) is 0 Å². The number of fused-ring (bicyclic) bond motifs is 1. The number of carboxylic acid groups (broad SMARTS) is 1. The molecule has 1 aliphatic heterocycles. The highest BCUT2D eigenvalue weighted by Crippen LogP contribution is 2.37. The molecule has 3 N–H and O–H groups in total. The number of thioether (sulfide) groups is 1. The highest BCUT2D eigenvalue weighted by Gasteiger charge is 2.13. The van der Waals surface area contributed by atoms with E-state index in [4.69, 9.17) is 36.7 Å². The van der Waals surface area contributed by atoms with Gasteiger partial charge in [0.1, 0.15) is 17.2 Å². The Hall–Kier alpha value is -1.89. The maximum Gasteiger partial charge on any atom is 0.290 e. The van der Waals surface area contributed by atoms with E-state index in [1.54, 1.807) is 11.8 Å². The van der Waals surface area contributed by atoms with E-state index in [0.29, 0.717) is 11.6 Å². The van der Waals surface area contributed by atoms with Gasteiger partial charge in [0, 0.05) is 21.7 Å². The van der Waals surface area contributed by atoms with Gasteiger partial charge in [0.05, 0.1) is 6.61 Å². The van der Waals surface area contributed by atoms with Crippen molar-refractivity contribution in [3.63, 3.8) is 0 Å². The van der Waals surface area contributed by atoms with Gasteiger partial charge in [-0.05, 0) is 42.8 Å². The summed E-state index contributed by atoms with van der Waals surface area (Å²) in [7, 11) is 0. The molecular formula is C17H18ClNO4S. The zero-order valence-electron chi connectivity index (χ0n) is 12.9. The van der Waals surface area contributed by atoms with E-state index in [1.165, 1.54) is 0 Å². The highest BCUT2D eigenvalue weighted by atomic mass is 35.5. The minimum Gasteiger partial charge on any atom is -0.491 e. The van der Waals surface area contributed by atoms with Crippen molar-refractivity contribution in [1.29, 1.82) is 0 Å². The molecule has 7 heteroatoms. The minimum absolute atomic E-state index is 0.250. The summed E-state index contributed by atoms with van der Waals surface area (Å²) in [6.07, 6.45) is 0.754. The third kappa shape index (κ3) is 5.06. The van der Waals surface area contributed by atoms with E-state index in [9.17, 15) is 0 Å². The number of rotatable bonds is 4. The van der Waals surface area contributed by atoms with Crippen molar-refractivity contribution in [3.05, 3.63) is 47.0 Å². The normalized spacial score (nSPS) is 12.2. The Kier molecular flexibility index (Phi) is 7.24. The minimum atomic E-state index is -0.250. The van der Waals surface area contributed by atoms with Gasteiger partial charge in [-0.3, -0.25) is 4.79 Å². The van der Waals surface area contributed by atoms with Crippen LogP contribution >= 0.6 is 23.4 Å². The first-order valence-electron chi connectivity index (χ1n) is 7.31. The third-order valence-electron chi connectivity index (χ3n) is 3.18. The van der Waals surface area contributed by atoms with Crippen molar-refractivity contribution in [1.82, 2.24) is 0 Å². The molecule has 5 nitrogen and oxygen atoms in total. The number of benzene rings is 2. The first-order valence-corrected chi connectivity index (χ1v) is 8.68. The summed E-state index contributed by atoms with van der Waals surface area (Å²) >= 11 is 7.86. The van der Waals surface area contributed by atoms with Crippen molar-refractivity contribution < 1.29 is 19.4 Å². The lowest BCUT2D eigenvalue weighted by molar-refractivity contribution is -0.122. The molecule has 0 unspecified atom stereocenters. The molecule has 24 heavy (non-hydrogen) atoms. The van der Waals surface area contributed by atoms with Crippen molar-refractivity contribution >= 4 is 29.8 Å². The van der Waals surface area contributed by atoms with Crippen LogP contribution in [0.25, 0.3) is 0 Å². The maximum absolute atomic E-state index is 8.36. The summed E-state index contributed by atoms with van der Waals surface area (Å²) < 4.78 is 11.6. The van der Waals surface area contributed by atoms with Gasteiger partial charge in [-0.25, -0.2) is 0 Å². The van der Waals surface area contributed by atoms with Gasteiger partial charge in [0.25, 0.3) is 6.47 Å². The Morgan fingerprint density at radius 3 is 2.88 bits per heavy atom. The van der Waals surface area contributed by atoms with Crippen LogP contribution in [0.5, 0.6) is 17.2 Å². The zero-order chi connectivity index (χ0) is 17.4. The van der Waals surface area contributed by atoms with Gasteiger partial charge in [-0.2, -0.15) is 0 Å². The fraction of sp³-hybridized carbons (Fsp3) is 0.235. The summed E-state index contributed by atoms with van der Waals surface area (Å²) in [5, 5.41) is 7.54. The molecule has 2 aromatic carbocycles. The van der Waals surface area contributed by atoms with Crippen LogP contribution in [0.15, 0.2) is 41.3 Å². The van der Waals surface area contributed by atoms with Crippen molar-refractivity contribution in [2.24, 2.45) is 5.73 Å². The van der Waals surface area contributed by atoms with Crippen LogP contribution in [0.2, 0.25) is 5.02 Å². The third-order valence-corrected chi connectivity index (χ3v) is 4.44. The van der Waals surface area contributed by atoms with Crippen LogP contribution in [0, 0.1) is 0 Å². The second-order valence-electron chi connectivity index (χ2n) is 4.80. The largest absolute Gasteiger partial charge is 0.491 e. The molecule has 2 aromatic rings. The number of nitrogens with two attached hydrogens (primary N) is 1. The van der Waals surface area contributed by atoms with E-state index in [-0.39, 0.29) is 6.47 Å². The average molecular weight is 368 g/mol. The molecule has 1 aliphatic rings. The smallest absolute Gasteiger partial charge is 0.290 e. The number of hydrogen-bond acceptors (Lipinski definition) is 5. The molecule has 128 valence electrons. The van der Waals surface area contributed by atoms with Gasteiger partial charge < -0.3 is 20.3 Å². The first-order chi connectivity index (χ1) is 11.7. The summed E-state index contributed by atoms with van der Waals surface area (Å²) in [6.45, 7) is 1.05.